The average Bonchev–Trinajstić information content (AvgIpc) is 2.52. The second kappa shape index (κ2) is 5.59. The Morgan fingerprint density at radius 3 is 2.29 bits per heavy atom. The summed E-state index contributed by atoms with van der Waals surface area (Å²) in [6, 6.07) is 0.526. The molecule has 3 nitrogen and oxygen atoms in total. The van der Waals surface area contributed by atoms with E-state index in [4.69, 9.17) is 10.8 Å². The number of anilines is 1. The summed E-state index contributed by atoms with van der Waals surface area (Å²) in [7, 11) is 0. The van der Waals surface area contributed by atoms with Crippen molar-refractivity contribution < 1.29 is 0 Å². The molecule has 2 N–H and O–H groups in total. The van der Waals surface area contributed by atoms with E-state index in [1.54, 1.807) is 0 Å². The standard InChI is InChI=1S/C13H22IN3/c1-9(2)12-11(14)13(15)17(16-12)10-7-5-3-4-6-8-10/h9-10H,3-8,15H2,1-2H3. The van der Waals surface area contributed by atoms with E-state index in [9.17, 15) is 0 Å². The molecule has 1 fully saturated rings. The molecule has 1 saturated carbocycles. The number of hydrogen-bond acceptors (Lipinski definition) is 2. The molecule has 0 bridgehead atoms. The smallest absolute Gasteiger partial charge is 0.135 e. The van der Waals surface area contributed by atoms with Crippen molar-refractivity contribution in [1.29, 1.82) is 0 Å². The van der Waals surface area contributed by atoms with Crippen molar-refractivity contribution in [3.05, 3.63) is 9.26 Å². The Morgan fingerprint density at radius 1 is 1.24 bits per heavy atom. The first-order valence-corrected chi connectivity index (χ1v) is 7.72. The second-order valence-electron chi connectivity index (χ2n) is 5.33. The Morgan fingerprint density at radius 2 is 1.82 bits per heavy atom. The highest BCUT2D eigenvalue weighted by atomic mass is 127. The summed E-state index contributed by atoms with van der Waals surface area (Å²) in [4.78, 5) is 0. The molecule has 17 heavy (non-hydrogen) atoms. The first-order valence-electron chi connectivity index (χ1n) is 6.64. The topological polar surface area (TPSA) is 43.8 Å². The zero-order chi connectivity index (χ0) is 12.4. The number of rotatable bonds is 2. The van der Waals surface area contributed by atoms with Crippen molar-refractivity contribution in [2.24, 2.45) is 0 Å². The number of hydrogen-bond donors (Lipinski definition) is 1. The molecule has 1 heterocycles. The quantitative estimate of drug-likeness (QED) is 0.647. The van der Waals surface area contributed by atoms with Crippen LogP contribution in [-0.2, 0) is 0 Å². The predicted molar refractivity (Wildman–Crippen MR) is 80.2 cm³/mol. The normalized spacial score (nSPS) is 18.6. The zero-order valence-corrected chi connectivity index (χ0v) is 12.9. The highest BCUT2D eigenvalue weighted by Gasteiger charge is 2.22. The van der Waals surface area contributed by atoms with Crippen molar-refractivity contribution in [3.63, 3.8) is 0 Å². The van der Waals surface area contributed by atoms with Gasteiger partial charge >= 0.3 is 0 Å². The molecule has 1 aromatic rings. The van der Waals surface area contributed by atoms with Crippen LogP contribution in [-0.4, -0.2) is 9.78 Å². The second-order valence-corrected chi connectivity index (χ2v) is 6.41. The van der Waals surface area contributed by atoms with E-state index in [-0.39, 0.29) is 0 Å². The Balaban J connectivity index is 2.28. The fourth-order valence-corrected chi connectivity index (χ4v) is 3.57. The minimum Gasteiger partial charge on any atom is -0.383 e. The van der Waals surface area contributed by atoms with E-state index < -0.39 is 0 Å². The Kier molecular flexibility index (Phi) is 4.33. The van der Waals surface area contributed by atoms with Crippen LogP contribution in [0.3, 0.4) is 0 Å². The van der Waals surface area contributed by atoms with Crippen LogP contribution in [0.25, 0.3) is 0 Å². The molecule has 1 aliphatic rings. The fraction of sp³-hybridized carbons (Fsp3) is 0.769. The number of halogens is 1. The molecule has 1 aliphatic carbocycles. The maximum atomic E-state index is 6.22. The van der Waals surface area contributed by atoms with Crippen LogP contribution in [0.5, 0.6) is 0 Å². The zero-order valence-electron chi connectivity index (χ0n) is 10.7. The molecular formula is C13H22IN3. The molecule has 0 spiro atoms. The summed E-state index contributed by atoms with van der Waals surface area (Å²) in [6.07, 6.45) is 7.84. The van der Waals surface area contributed by atoms with E-state index in [0.717, 1.165) is 15.1 Å². The van der Waals surface area contributed by atoms with E-state index in [0.29, 0.717) is 12.0 Å². The van der Waals surface area contributed by atoms with Crippen LogP contribution in [0, 0.1) is 3.57 Å². The maximum Gasteiger partial charge on any atom is 0.135 e. The first-order chi connectivity index (χ1) is 8.11. The third-order valence-corrected chi connectivity index (χ3v) is 4.73. The molecule has 0 unspecified atom stereocenters. The fourth-order valence-electron chi connectivity index (χ4n) is 2.60. The maximum absolute atomic E-state index is 6.22. The molecule has 0 aromatic carbocycles. The molecule has 0 saturated heterocycles. The van der Waals surface area contributed by atoms with Crippen LogP contribution < -0.4 is 5.73 Å². The van der Waals surface area contributed by atoms with E-state index in [2.05, 4.69) is 41.1 Å². The van der Waals surface area contributed by atoms with E-state index >= 15 is 0 Å². The van der Waals surface area contributed by atoms with Crippen LogP contribution in [0.15, 0.2) is 0 Å². The summed E-state index contributed by atoms with van der Waals surface area (Å²) in [5.41, 5.74) is 7.38. The SMILES string of the molecule is CC(C)c1nn(C2CCCCCC2)c(N)c1I. The van der Waals surface area contributed by atoms with Gasteiger partial charge in [0, 0.05) is 0 Å². The molecule has 4 heteroatoms. The third-order valence-electron chi connectivity index (χ3n) is 3.63. The van der Waals surface area contributed by atoms with Gasteiger partial charge in [0.05, 0.1) is 15.3 Å². The van der Waals surface area contributed by atoms with Gasteiger partial charge in [-0.25, -0.2) is 4.68 Å². The lowest BCUT2D eigenvalue weighted by atomic mass is 10.1. The van der Waals surface area contributed by atoms with Gasteiger partial charge in [-0.1, -0.05) is 39.5 Å². The number of nitrogens with zero attached hydrogens (tertiary/aromatic N) is 2. The largest absolute Gasteiger partial charge is 0.383 e. The van der Waals surface area contributed by atoms with Crippen molar-refractivity contribution >= 4 is 28.4 Å². The van der Waals surface area contributed by atoms with Gasteiger partial charge in [-0.3, -0.25) is 0 Å². The van der Waals surface area contributed by atoms with Crippen molar-refractivity contribution in [2.75, 3.05) is 5.73 Å². The molecule has 0 radical (unpaired) electrons. The lowest BCUT2D eigenvalue weighted by Crippen LogP contribution is -2.13. The van der Waals surface area contributed by atoms with Crippen molar-refractivity contribution in [3.8, 4) is 0 Å². The summed E-state index contributed by atoms with van der Waals surface area (Å²) in [6.45, 7) is 4.36. The van der Waals surface area contributed by atoms with Crippen molar-refractivity contribution in [2.45, 2.75) is 64.3 Å². The number of nitrogens with two attached hydrogens (primary N) is 1. The molecule has 0 aliphatic heterocycles. The lowest BCUT2D eigenvalue weighted by molar-refractivity contribution is 0.407. The number of aromatic nitrogens is 2. The molecule has 2 rings (SSSR count). The van der Waals surface area contributed by atoms with E-state index in [1.165, 1.54) is 38.5 Å². The lowest BCUT2D eigenvalue weighted by Gasteiger charge is -2.16. The van der Waals surface area contributed by atoms with Gasteiger partial charge in [0.25, 0.3) is 0 Å². The van der Waals surface area contributed by atoms with Gasteiger partial charge in [0.15, 0.2) is 0 Å². The van der Waals surface area contributed by atoms with Gasteiger partial charge < -0.3 is 5.73 Å². The minimum absolute atomic E-state index is 0.455. The molecule has 0 amide bonds. The summed E-state index contributed by atoms with van der Waals surface area (Å²) in [5, 5.41) is 4.76. The molecule has 96 valence electrons. The van der Waals surface area contributed by atoms with Crippen LogP contribution in [0.2, 0.25) is 0 Å². The molecular weight excluding hydrogens is 325 g/mol. The van der Waals surface area contributed by atoms with Gasteiger partial charge in [-0.15, -0.1) is 0 Å². The van der Waals surface area contributed by atoms with E-state index in [1.807, 2.05) is 0 Å². The van der Waals surface area contributed by atoms with Gasteiger partial charge in [0.2, 0.25) is 0 Å². The summed E-state index contributed by atoms with van der Waals surface area (Å²) >= 11 is 2.34. The Hall–Kier alpha value is -0.260. The van der Waals surface area contributed by atoms with Crippen LogP contribution in [0.1, 0.15) is 70.0 Å². The van der Waals surface area contributed by atoms with Gasteiger partial charge in [0.1, 0.15) is 5.82 Å². The van der Waals surface area contributed by atoms with Crippen LogP contribution in [0.4, 0.5) is 5.82 Å². The minimum atomic E-state index is 0.455. The first kappa shape index (κ1) is 13.2. The Labute approximate surface area is 117 Å². The molecule has 0 atom stereocenters. The molecule has 1 aromatic heterocycles. The monoisotopic (exact) mass is 347 g/mol. The number of nitrogen functional groups attached to an aromatic ring is 1. The van der Waals surface area contributed by atoms with Gasteiger partial charge in [-0.05, 0) is 41.4 Å². The highest BCUT2D eigenvalue weighted by Crippen LogP contribution is 2.33. The highest BCUT2D eigenvalue weighted by molar-refractivity contribution is 14.1. The van der Waals surface area contributed by atoms with Crippen LogP contribution >= 0.6 is 22.6 Å². The van der Waals surface area contributed by atoms with Gasteiger partial charge in [-0.2, -0.15) is 5.10 Å². The average molecular weight is 347 g/mol. The van der Waals surface area contributed by atoms with Crippen molar-refractivity contribution in [1.82, 2.24) is 9.78 Å². The summed E-state index contributed by atoms with van der Waals surface area (Å²) < 4.78 is 3.25. The predicted octanol–water partition coefficient (Wildman–Crippen LogP) is 4.09. The Bertz CT molecular complexity index is 376. The summed E-state index contributed by atoms with van der Waals surface area (Å²) in [5.74, 6) is 1.33. The third kappa shape index (κ3) is 2.77.